The summed E-state index contributed by atoms with van der Waals surface area (Å²) < 4.78 is 13.6. The summed E-state index contributed by atoms with van der Waals surface area (Å²) in [6, 6.07) is 2.27. The molecule has 1 unspecified atom stereocenters. The Kier molecular flexibility index (Phi) is 5.57. The maximum Gasteiger partial charge on any atom is 0.0931 e. The van der Waals surface area contributed by atoms with Gasteiger partial charge in [0.1, 0.15) is 0 Å². The van der Waals surface area contributed by atoms with Crippen LogP contribution in [0.3, 0.4) is 0 Å². The molecule has 0 radical (unpaired) electrons. The normalized spacial score (nSPS) is 19.9. The summed E-state index contributed by atoms with van der Waals surface area (Å²) in [5.41, 5.74) is 1.02. The van der Waals surface area contributed by atoms with Crippen molar-refractivity contribution in [2.24, 2.45) is 0 Å². The van der Waals surface area contributed by atoms with Gasteiger partial charge < -0.3 is 14.8 Å². The Bertz CT molecular complexity index is 400. The van der Waals surface area contributed by atoms with Crippen LogP contribution in [0.15, 0.2) is 12.3 Å². The lowest BCUT2D eigenvalue weighted by Crippen LogP contribution is -2.50. The van der Waals surface area contributed by atoms with Crippen molar-refractivity contribution in [2.45, 2.75) is 51.3 Å². The lowest BCUT2D eigenvalue weighted by molar-refractivity contribution is -0.113. The van der Waals surface area contributed by atoms with Crippen LogP contribution in [0.5, 0.6) is 0 Å². The highest BCUT2D eigenvalue weighted by Crippen LogP contribution is 2.37. The van der Waals surface area contributed by atoms with Crippen molar-refractivity contribution in [1.82, 2.24) is 15.1 Å². The molecule has 0 saturated carbocycles. The van der Waals surface area contributed by atoms with Gasteiger partial charge in [0.25, 0.3) is 0 Å². The smallest absolute Gasteiger partial charge is 0.0931 e. The largest absolute Gasteiger partial charge is 0.381 e. The minimum Gasteiger partial charge on any atom is -0.381 e. The highest BCUT2D eigenvalue weighted by molar-refractivity contribution is 5.14. The van der Waals surface area contributed by atoms with Gasteiger partial charge in [-0.15, -0.1) is 0 Å². The first-order chi connectivity index (χ1) is 9.77. The second-order valence-corrected chi connectivity index (χ2v) is 5.34. The Hall–Kier alpha value is -0.910. The second-order valence-electron chi connectivity index (χ2n) is 5.34. The van der Waals surface area contributed by atoms with Gasteiger partial charge in [0.15, 0.2) is 0 Å². The van der Waals surface area contributed by atoms with E-state index in [0.29, 0.717) is 0 Å². The lowest BCUT2D eigenvalue weighted by atomic mass is 9.84. The van der Waals surface area contributed by atoms with Crippen molar-refractivity contribution in [3.05, 3.63) is 18.0 Å². The van der Waals surface area contributed by atoms with E-state index >= 15 is 0 Å². The van der Waals surface area contributed by atoms with Crippen LogP contribution in [0.1, 0.15) is 44.8 Å². The van der Waals surface area contributed by atoms with Crippen LogP contribution in [-0.4, -0.2) is 42.2 Å². The first-order valence-electron chi connectivity index (χ1n) is 7.65. The average Bonchev–Trinajstić information content (AvgIpc) is 2.97. The van der Waals surface area contributed by atoms with Gasteiger partial charge in [-0.2, -0.15) is 5.10 Å². The van der Waals surface area contributed by atoms with Gasteiger partial charge in [-0.05, 0) is 26.0 Å². The van der Waals surface area contributed by atoms with E-state index in [0.717, 1.165) is 45.6 Å². The molecule has 0 spiro atoms. The topological polar surface area (TPSA) is 48.3 Å². The van der Waals surface area contributed by atoms with E-state index < -0.39 is 0 Å². The van der Waals surface area contributed by atoms with Crippen molar-refractivity contribution >= 4 is 0 Å². The van der Waals surface area contributed by atoms with Crippen LogP contribution < -0.4 is 5.32 Å². The summed E-state index contributed by atoms with van der Waals surface area (Å²) in [4.78, 5) is 0. The molecule has 1 aromatic heterocycles. The highest BCUT2D eigenvalue weighted by atomic mass is 16.5. The highest BCUT2D eigenvalue weighted by Gasteiger charge is 2.42. The fourth-order valence-electron chi connectivity index (χ4n) is 3.03. The fraction of sp³-hybridized carbons (Fsp3) is 0.800. The van der Waals surface area contributed by atoms with E-state index in [1.807, 2.05) is 13.3 Å². The van der Waals surface area contributed by atoms with Crippen LogP contribution in [0.25, 0.3) is 0 Å². The minimum absolute atomic E-state index is 0.166. The predicted octanol–water partition coefficient (Wildman–Crippen LogP) is 2.14. The average molecular weight is 281 g/mol. The third kappa shape index (κ3) is 3.05. The SMILES string of the molecule is CCCNC(c1ccnn1CC)C1(OC)CCOCC1. The van der Waals surface area contributed by atoms with E-state index in [-0.39, 0.29) is 11.6 Å². The fourth-order valence-corrected chi connectivity index (χ4v) is 3.03. The molecule has 1 aliphatic rings. The second kappa shape index (κ2) is 7.20. The molecule has 1 aliphatic heterocycles. The van der Waals surface area contributed by atoms with Crippen LogP contribution in [0.2, 0.25) is 0 Å². The molecule has 0 bridgehead atoms. The molecule has 0 aromatic carbocycles. The van der Waals surface area contributed by atoms with Gasteiger partial charge in [0, 0.05) is 45.9 Å². The van der Waals surface area contributed by atoms with Gasteiger partial charge >= 0.3 is 0 Å². The molecule has 5 heteroatoms. The Balaban J connectivity index is 2.30. The van der Waals surface area contributed by atoms with Gasteiger partial charge in [-0.1, -0.05) is 6.92 Å². The minimum atomic E-state index is -0.194. The number of aryl methyl sites for hydroxylation is 1. The van der Waals surface area contributed by atoms with Crippen molar-refractivity contribution in [2.75, 3.05) is 26.9 Å². The van der Waals surface area contributed by atoms with Crippen molar-refractivity contribution in [3.63, 3.8) is 0 Å². The van der Waals surface area contributed by atoms with Gasteiger partial charge in [-0.3, -0.25) is 4.68 Å². The summed E-state index contributed by atoms with van der Waals surface area (Å²) in [5, 5.41) is 8.08. The summed E-state index contributed by atoms with van der Waals surface area (Å²) in [6.07, 6.45) is 4.81. The molecule has 0 amide bonds. The standard InChI is InChI=1S/C15H27N3O2/c1-4-9-16-14(13-6-10-17-18(13)5-2)15(19-3)7-11-20-12-8-15/h6,10,14,16H,4-5,7-9,11-12H2,1-3H3. The molecule has 0 aliphatic carbocycles. The van der Waals surface area contributed by atoms with Crippen molar-refractivity contribution in [1.29, 1.82) is 0 Å². The van der Waals surface area contributed by atoms with E-state index in [1.54, 1.807) is 0 Å². The Morgan fingerprint density at radius 3 is 2.80 bits per heavy atom. The molecule has 2 heterocycles. The predicted molar refractivity (Wildman–Crippen MR) is 78.7 cm³/mol. The van der Waals surface area contributed by atoms with Crippen LogP contribution in [0.4, 0.5) is 0 Å². The lowest BCUT2D eigenvalue weighted by Gasteiger charge is -2.42. The number of nitrogens with zero attached hydrogens (tertiary/aromatic N) is 2. The molecule has 114 valence electrons. The maximum absolute atomic E-state index is 5.98. The zero-order chi connectivity index (χ0) is 14.4. The number of hydrogen-bond acceptors (Lipinski definition) is 4. The van der Waals surface area contributed by atoms with Gasteiger partial charge in [-0.25, -0.2) is 0 Å². The zero-order valence-corrected chi connectivity index (χ0v) is 12.9. The third-order valence-corrected chi connectivity index (χ3v) is 4.21. The van der Waals surface area contributed by atoms with Crippen LogP contribution >= 0.6 is 0 Å². The molecular formula is C15H27N3O2. The summed E-state index contributed by atoms with van der Waals surface area (Å²) in [5.74, 6) is 0. The zero-order valence-electron chi connectivity index (χ0n) is 12.9. The number of rotatable bonds is 7. The summed E-state index contributed by atoms with van der Waals surface area (Å²) in [6.45, 7) is 7.69. The van der Waals surface area contributed by atoms with E-state index in [1.165, 1.54) is 5.69 Å². The molecule has 2 rings (SSSR count). The van der Waals surface area contributed by atoms with Crippen molar-refractivity contribution < 1.29 is 9.47 Å². The van der Waals surface area contributed by atoms with E-state index in [2.05, 4.69) is 35.0 Å². The first-order valence-corrected chi connectivity index (χ1v) is 7.65. The number of aromatic nitrogens is 2. The number of nitrogens with one attached hydrogen (secondary N) is 1. The molecule has 1 aromatic rings. The summed E-state index contributed by atoms with van der Waals surface area (Å²) >= 11 is 0. The molecule has 1 fully saturated rings. The van der Waals surface area contributed by atoms with Gasteiger partial charge in [0.05, 0.1) is 17.3 Å². The number of hydrogen-bond donors (Lipinski definition) is 1. The monoisotopic (exact) mass is 281 g/mol. The molecular weight excluding hydrogens is 254 g/mol. The van der Waals surface area contributed by atoms with Crippen molar-refractivity contribution in [3.8, 4) is 0 Å². The number of methoxy groups -OCH3 is 1. The number of ether oxygens (including phenoxy) is 2. The molecule has 20 heavy (non-hydrogen) atoms. The van der Waals surface area contributed by atoms with E-state index in [4.69, 9.17) is 9.47 Å². The maximum atomic E-state index is 5.98. The third-order valence-electron chi connectivity index (χ3n) is 4.21. The Labute approximate surface area is 121 Å². The molecule has 1 saturated heterocycles. The van der Waals surface area contributed by atoms with Crippen LogP contribution in [-0.2, 0) is 16.0 Å². The summed E-state index contributed by atoms with van der Waals surface area (Å²) in [7, 11) is 1.82. The first kappa shape index (κ1) is 15.5. The Morgan fingerprint density at radius 2 is 2.20 bits per heavy atom. The van der Waals surface area contributed by atoms with Crippen LogP contribution in [0, 0.1) is 0 Å². The molecule has 5 nitrogen and oxygen atoms in total. The van der Waals surface area contributed by atoms with Gasteiger partial charge in [0.2, 0.25) is 0 Å². The molecule has 1 N–H and O–H groups in total. The quantitative estimate of drug-likeness (QED) is 0.832. The Morgan fingerprint density at radius 1 is 1.45 bits per heavy atom. The molecule has 1 atom stereocenters. The van der Waals surface area contributed by atoms with E-state index in [9.17, 15) is 0 Å².